The Balaban J connectivity index is 1.59. The molecule has 2 aliphatic carbocycles. The molecule has 2 nitrogen and oxygen atoms in total. The van der Waals surface area contributed by atoms with Crippen LogP contribution in [0.5, 0.6) is 0 Å². The molecule has 3 unspecified atom stereocenters. The van der Waals surface area contributed by atoms with Gasteiger partial charge in [-0.3, -0.25) is 4.98 Å². The Hall–Kier alpha value is -0.890. The molecule has 2 fully saturated rings. The number of likely N-dealkylation sites (tertiary alicyclic amines) is 1. The van der Waals surface area contributed by atoms with Crippen molar-refractivity contribution >= 4 is 0 Å². The molecular weight excluding hydrogens is 256 g/mol. The predicted octanol–water partition coefficient (Wildman–Crippen LogP) is 3.89. The van der Waals surface area contributed by atoms with Gasteiger partial charge in [0.1, 0.15) is 0 Å². The molecule has 1 saturated carbocycles. The SMILES string of the molecule is CC(C)(C)c1cnc2c(c1)C1CC(N3CCCC3)CC1C2. The van der Waals surface area contributed by atoms with Crippen molar-refractivity contribution in [3.8, 4) is 0 Å². The van der Waals surface area contributed by atoms with Crippen LogP contribution in [0.25, 0.3) is 0 Å². The van der Waals surface area contributed by atoms with Gasteiger partial charge in [0.25, 0.3) is 0 Å². The molecule has 0 radical (unpaired) electrons. The fraction of sp³-hybridized carbons (Fsp3) is 0.737. The Morgan fingerprint density at radius 3 is 2.62 bits per heavy atom. The van der Waals surface area contributed by atoms with Crippen LogP contribution < -0.4 is 0 Å². The minimum absolute atomic E-state index is 0.215. The summed E-state index contributed by atoms with van der Waals surface area (Å²) in [5.74, 6) is 1.66. The normalized spacial score (nSPS) is 32.4. The lowest BCUT2D eigenvalue weighted by Gasteiger charge is -2.24. The fourth-order valence-electron chi connectivity index (χ4n) is 4.77. The molecule has 2 heterocycles. The molecule has 0 spiro atoms. The zero-order valence-corrected chi connectivity index (χ0v) is 13.7. The first kappa shape index (κ1) is 13.8. The Bertz CT molecular complexity index is 537. The van der Waals surface area contributed by atoms with E-state index < -0.39 is 0 Å². The number of hydrogen-bond acceptors (Lipinski definition) is 2. The van der Waals surface area contributed by atoms with Crippen molar-refractivity contribution in [2.45, 2.75) is 70.3 Å². The van der Waals surface area contributed by atoms with E-state index in [1.807, 2.05) is 0 Å². The molecule has 0 bridgehead atoms. The van der Waals surface area contributed by atoms with E-state index in [4.69, 9.17) is 4.98 Å². The van der Waals surface area contributed by atoms with E-state index in [1.54, 1.807) is 5.56 Å². The van der Waals surface area contributed by atoms with Gasteiger partial charge in [-0.15, -0.1) is 0 Å². The molecule has 4 rings (SSSR count). The van der Waals surface area contributed by atoms with Crippen molar-refractivity contribution in [3.05, 3.63) is 29.1 Å². The number of pyridine rings is 1. The summed E-state index contributed by atoms with van der Waals surface area (Å²) in [6.45, 7) is 9.58. The standard InChI is InChI=1S/C19H28N2/c1-19(2,3)14-10-17-16-11-15(21-6-4-5-7-21)8-13(16)9-18(17)20-12-14/h10,12-13,15-16H,4-9,11H2,1-3H3. The molecule has 1 aromatic rings. The maximum absolute atomic E-state index is 4.82. The summed E-state index contributed by atoms with van der Waals surface area (Å²) < 4.78 is 0. The average Bonchev–Trinajstić information content (AvgIpc) is 3.11. The quantitative estimate of drug-likeness (QED) is 0.777. The highest BCUT2D eigenvalue weighted by Crippen LogP contribution is 2.50. The molecule has 0 aromatic carbocycles. The number of rotatable bonds is 1. The molecule has 114 valence electrons. The third kappa shape index (κ3) is 2.32. The first-order chi connectivity index (χ1) is 10.0. The first-order valence-corrected chi connectivity index (χ1v) is 8.76. The van der Waals surface area contributed by atoms with Gasteiger partial charge in [-0.1, -0.05) is 26.8 Å². The van der Waals surface area contributed by atoms with E-state index in [-0.39, 0.29) is 5.41 Å². The van der Waals surface area contributed by atoms with Gasteiger partial charge in [0.15, 0.2) is 0 Å². The molecule has 3 aliphatic rings. The van der Waals surface area contributed by atoms with Gasteiger partial charge in [0.2, 0.25) is 0 Å². The minimum Gasteiger partial charge on any atom is -0.300 e. The lowest BCUT2D eigenvalue weighted by molar-refractivity contribution is 0.239. The molecule has 1 aromatic heterocycles. The van der Waals surface area contributed by atoms with Gasteiger partial charge < -0.3 is 4.90 Å². The molecule has 21 heavy (non-hydrogen) atoms. The van der Waals surface area contributed by atoms with Gasteiger partial charge in [-0.2, -0.15) is 0 Å². The lowest BCUT2D eigenvalue weighted by Crippen LogP contribution is -2.30. The largest absolute Gasteiger partial charge is 0.300 e. The topological polar surface area (TPSA) is 16.1 Å². The third-order valence-corrected chi connectivity index (χ3v) is 6.05. The maximum Gasteiger partial charge on any atom is 0.0441 e. The van der Waals surface area contributed by atoms with Crippen molar-refractivity contribution in [2.24, 2.45) is 5.92 Å². The van der Waals surface area contributed by atoms with Crippen molar-refractivity contribution in [3.63, 3.8) is 0 Å². The molecule has 0 amide bonds. The highest BCUT2D eigenvalue weighted by molar-refractivity contribution is 5.38. The van der Waals surface area contributed by atoms with Gasteiger partial charge in [-0.25, -0.2) is 0 Å². The molecule has 1 aliphatic heterocycles. The summed E-state index contributed by atoms with van der Waals surface area (Å²) in [7, 11) is 0. The second kappa shape index (κ2) is 4.81. The van der Waals surface area contributed by atoms with Crippen molar-refractivity contribution in [1.82, 2.24) is 9.88 Å². The van der Waals surface area contributed by atoms with Crippen LogP contribution in [0.15, 0.2) is 12.3 Å². The monoisotopic (exact) mass is 284 g/mol. The number of aromatic nitrogens is 1. The molecule has 1 saturated heterocycles. The van der Waals surface area contributed by atoms with E-state index in [0.29, 0.717) is 0 Å². The van der Waals surface area contributed by atoms with Crippen LogP contribution in [-0.4, -0.2) is 29.0 Å². The van der Waals surface area contributed by atoms with Crippen LogP contribution in [0.2, 0.25) is 0 Å². The second-order valence-corrected chi connectivity index (χ2v) is 8.45. The summed E-state index contributed by atoms with van der Waals surface area (Å²) in [6.07, 6.45) is 8.97. The molecule has 2 heteroatoms. The second-order valence-electron chi connectivity index (χ2n) is 8.45. The van der Waals surface area contributed by atoms with Crippen LogP contribution in [-0.2, 0) is 11.8 Å². The summed E-state index contributed by atoms with van der Waals surface area (Å²) in [6, 6.07) is 3.34. The predicted molar refractivity (Wildman–Crippen MR) is 86.7 cm³/mol. The van der Waals surface area contributed by atoms with Crippen LogP contribution in [0, 0.1) is 5.92 Å². The van der Waals surface area contributed by atoms with Crippen molar-refractivity contribution in [1.29, 1.82) is 0 Å². The maximum atomic E-state index is 4.82. The highest BCUT2D eigenvalue weighted by atomic mass is 15.2. The molecular formula is C19H28N2. The van der Waals surface area contributed by atoms with Crippen molar-refractivity contribution < 1.29 is 0 Å². The summed E-state index contributed by atoms with van der Waals surface area (Å²) in [5.41, 5.74) is 4.62. The van der Waals surface area contributed by atoms with E-state index in [0.717, 1.165) is 17.9 Å². The van der Waals surface area contributed by atoms with Crippen LogP contribution >= 0.6 is 0 Å². The van der Waals surface area contributed by atoms with E-state index >= 15 is 0 Å². The molecule has 3 atom stereocenters. The summed E-state index contributed by atoms with van der Waals surface area (Å²) in [5, 5.41) is 0. The average molecular weight is 284 g/mol. The summed E-state index contributed by atoms with van der Waals surface area (Å²) >= 11 is 0. The van der Waals surface area contributed by atoms with Crippen molar-refractivity contribution in [2.75, 3.05) is 13.1 Å². The van der Waals surface area contributed by atoms with Gasteiger partial charge in [0, 0.05) is 17.9 Å². The van der Waals surface area contributed by atoms with Crippen LogP contribution in [0.4, 0.5) is 0 Å². The Labute approximate surface area is 129 Å². The van der Waals surface area contributed by atoms with Gasteiger partial charge in [0.05, 0.1) is 0 Å². The van der Waals surface area contributed by atoms with E-state index in [9.17, 15) is 0 Å². The molecule has 0 N–H and O–H groups in total. The van der Waals surface area contributed by atoms with E-state index in [1.165, 1.54) is 56.5 Å². The Kier molecular flexibility index (Phi) is 3.15. The van der Waals surface area contributed by atoms with Crippen LogP contribution in [0.3, 0.4) is 0 Å². The smallest absolute Gasteiger partial charge is 0.0441 e. The zero-order valence-electron chi connectivity index (χ0n) is 13.7. The lowest BCUT2D eigenvalue weighted by atomic mass is 9.86. The Morgan fingerprint density at radius 2 is 1.90 bits per heavy atom. The first-order valence-electron chi connectivity index (χ1n) is 8.76. The van der Waals surface area contributed by atoms with E-state index in [2.05, 4.69) is 37.9 Å². The fourth-order valence-corrected chi connectivity index (χ4v) is 4.77. The number of fused-ring (bicyclic) bond motifs is 3. The Morgan fingerprint density at radius 1 is 1.14 bits per heavy atom. The van der Waals surface area contributed by atoms with Gasteiger partial charge >= 0.3 is 0 Å². The number of hydrogen-bond donors (Lipinski definition) is 0. The van der Waals surface area contributed by atoms with Crippen LogP contribution in [0.1, 0.15) is 69.2 Å². The third-order valence-electron chi connectivity index (χ3n) is 6.05. The minimum atomic E-state index is 0.215. The zero-order chi connectivity index (χ0) is 14.6. The summed E-state index contributed by atoms with van der Waals surface area (Å²) in [4.78, 5) is 7.58. The van der Waals surface area contributed by atoms with Gasteiger partial charge in [-0.05, 0) is 73.6 Å². The highest BCUT2D eigenvalue weighted by Gasteiger charge is 2.43. The number of nitrogens with zero attached hydrogens (tertiary/aromatic N) is 2.